The molecule has 0 spiro atoms. The lowest BCUT2D eigenvalue weighted by atomic mass is 10.3. The van der Waals surface area contributed by atoms with E-state index in [1.54, 1.807) is 0 Å². The quantitative estimate of drug-likeness (QED) is 0.801. The molecule has 0 atom stereocenters. The number of ether oxygens (including phenoxy) is 2. The van der Waals surface area contributed by atoms with Gasteiger partial charge in [-0.1, -0.05) is 15.9 Å². The maximum absolute atomic E-state index is 5.32. The van der Waals surface area contributed by atoms with E-state index in [4.69, 9.17) is 21.7 Å². The highest BCUT2D eigenvalue weighted by Crippen LogP contribution is 2.34. The van der Waals surface area contributed by atoms with Crippen LogP contribution in [0.4, 0.5) is 11.4 Å². The molecule has 0 aliphatic carbocycles. The lowest BCUT2D eigenvalue weighted by Crippen LogP contribution is -2.18. The first-order chi connectivity index (χ1) is 9.70. The molecule has 4 nitrogen and oxygen atoms in total. The van der Waals surface area contributed by atoms with Crippen molar-refractivity contribution in [1.29, 1.82) is 0 Å². The maximum Gasteiger partial charge on any atom is 0.231 e. The van der Waals surface area contributed by atoms with Crippen molar-refractivity contribution < 1.29 is 9.47 Å². The van der Waals surface area contributed by atoms with Gasteiger partial charge in [0.05, 0.1) is 0 Å². The number of anilines is 2. The van der Waals surface area contributed by atoms with Crippen molar-refractivity contribution in [3.63, 3.8) is 0 Å². The van der Waals surface area contributed by atoms with Crippen molar-refractivity contribution in [2.45, 2.75) is 0 Å². The van der Waals surface area contributed by atoms with Crippen LogP contribution in [0, 0.1) is 0 Å². The first-order valence-corrected chi connectivity index (χ1v) is 7.14. The van der Waals surface area contributed by atoms with Crippen molar-refractivity contribution in [3.8, 4) is 11.5 Å². The molecule has 1 aliphatic rings. The summed E-state index contributed by atoms with van der Waals surface area (Å²) in [7, 11) is 0. The topological polar surface area (TPSA) is 42.5 Å². The van der Waals surface area contributed by atoms with Gasteiger partial charge in [-0.2, -0.15) is 0 Å². The molecule has 0 amide bonds. The lowest BCUT2D eigenvalue weighted by molar-refractivity contribution is 0.174. The largest absolute Gasteiger partial charge is 0.454 e. The molecule has 2 aromatic rings. The van der Waals surface area contributed by atoms with Crippen molar-refractivity contribution in [2.75, 3.05) is 17.4 Å². The third-order valence-electron chi connectivity index (χ3n) is 2.73. The van der Waals surface area contributed by atoms with Crippen LogP contribution in [0.5, 0.6) is 11.5 Å². The zero-order chi connectivity index (χ0) is 13.9. The predicted molar refractivity (Wildman–Crippen MR) is 86.6 cm³/mol. The number of halogens is 1. The Morgan fingerprint density at radius 2 is 1.60 bits per heavy atom. The molecule has 2 N–H and O–H groups in total. The van der Waals surface area contributed by atoms with Crippen LogP contribution in [-0.2, 0) is 0 Å². The molecule has 1 heterocycles. The lowest BCUT2D eigenvalue weighted by Gasteiger charge is -2.11. The molecule has 6 heteroatoms. The van der Waals surface area contributed by atoms with E-state index in [0.717, 1.165) is 27.3 Å². The molecule has 1 aliphatic heterocycles. The number of fused-ring (bicyclic) bond motifs is 1. The van der Waals surface area contributed by atoms with Crippen molar-refractivity contribution in [2.24, 2.45) is 0 Å². The number of rotatable bonds is 2. The minimum atomic E-state index is 0.264. The summed E-state index contributed by atoms with van der Waals surface area (Å²) < 4.78 is 11.6. The second-order valence-corrected chi connectivity index (χ2v) is 5.48. The van der Waals surface area contributed by atoms with E-state index in [0.29, 0.717) is 5.11 Å². The Morgan fingerprint density at radius 3 is 2.40 bits per heavy atom. The van der Waals surface area contributed by atoms with E-state index in [1.807, 2.05) is 42.5 Å². The minimum absolute atomic E-state index is 0.264. The predicted octanol–water partition coefficient (Wildman–Crippen LogP) is 3.99. The van der Waals surface area contributed by atoms with Crippen LogP contribution in [0.2, 0.25) is 0 Å². The fraction of sp³-hybridized carbons (Fsp3) is 0.0714. The first kappa shape index (κ1) is 13.2. The van der Waals surface area contributed by atoms with Gasteiger partial charge >= 0.3 is 0 Å². The monoisotopic (exact) mass is 350 g/mol. The first-order valence-electron chi connectivity index (χ1n) is 5.94. The third kappa shape index (κ3) is 3.02. The Hall–Kier alpha value is -1.79. The van der Waals surface area contributed by atoms with Gasteiger partial charge in [-0.25, -0.2) is 0 Å². The zero-order valence-electron chi connectivity index (χ0n) is 10.4. The summed E-state index contributed by atoms with van der Waals surface area (Å²) in [5.74, 6) is 1.48. The Labute approximate surface area is 130 Å². The summed E-state index contributed by atoms with van der Waals surface area (Å²) in [6.45, 7) is 0.264. The molecular weight excluding hydrogens is 340 g/mol. The second-order valence-electron chi connectivity index (χ2n) is 4.15. The molecule has 0 fully saturated rings. The molecule has 20 heavy (non-hydrogen) atoms. The van der Waals surface area contributed by atoms with Gasteiger partial charge in [0.1, 0.15) is 0 Å². The van der Waals surface area contributed by atoms with Crippen LogP contribution in [0.3, 0.4) is 0 Å². The van der Waals surface area contributed by atoms with Gasteiger partial charge < -0.3 is 20.1 Å². The van der Waals surface area contributed by atoms with Crippen LogP contribution < -0.4 is 20.1 Å². The van der Waals surface area contributed by atoms with E-state index >= 15 is 0 Å². The van der Waals surface area contributed by atoms with Gasteiger partial charge in [-0.15, -0.1) is 0 Å². The summed E-state index contributed by atoms with van der Waals surface area (Å²) in [6.07, 6.45) is 0. The fourth-order valence-electron chi connectivity index (χ4n) is 1.80. The zero-order valence-corrected chi connectivity index (χ0v) is 12.8. The van der Waals surface area contributed by atoms with E-state index < -0.39 is 0 Å². The van der Waals surface area contributed by atoms with Crippen LogP contribution in [0.1, 0.15) is 0 Å². The number of thiocarbonyl (C=S) groups is 1. The van der Waals surface area contributed by atoms with Crippen molar-refractivity contribution in [3.05, 3.63) is 46.9 Å². The third-order valence-corrected chi connectivity index (χ3v) is 3.47. The Bertz CT molecular complexity index is 646. The van der Waals surface area contributed by atoms with Crippen molar-refractivity contribution >= 4 is 44.6 Å². The van der Waals surface area contributed by atoms with E-state index in [2.05, 4.69) is 26.6 Å². The maximum atomic E-state index is 5.32. The molecule has 0 saturated carbocycles. The highest BCUT2D eigenvalue weighted by atomic mass is 79.9. The summed E-state index contributed by atoms with van der Waals surface area (Å²) in [4.78, 5) is 0. The van der Waals surface area contributed by atoms with Crippen LogP contribution in [0.15, 0.2) is 46.9 Å². The molecule has 0 saturated heterocycles. The summed E-state index contributed by atoms with van der Waals surface area (Å²) >= 11 is 8.66. The highest BCUT2D eigenvalue weighted by molar-refractivity contribution is 9.10. The standard InChI is InChI=1S/C14H11BrN2O2S/c15-9-1-3-10(4-2-9)16-14(20)17-11-5-6-12-13(7-11)19-8-18-12/h1-7H,8H2,(H2,16,17,20). The summed E-state index contributed by atoms with van der Waals surface area (Å²) in [6, 6.07) is 13.4. The Morgan fingerprint density at radius 1 is 0.950 bits per heavy atom. The normalized spacial score (nSPS) is 12.1. The smallest absolute Gasteiger partial charge is 0.231 e. The second kappa shape index (κ2) is 5.68. The number of benzene rings is 2. The van der Waals surface area contributed by atoms with Crippen LogP contribution >= 0.6 is 28.1 Å². The summed E-state index contributed by atoms with van der Waals surface area (Å²) in [5, 5.41) is 6.74. The molecule has 0 unspecified atom stereocenters. The number of hydrogen-bond donors (Lipinski definition) is 2. The van der Waals surface area contributed by atoms with Crippen LogP contribution in [-0.4, -0.2) is 11.9 Å². The molecule has 0 bridgehead atoms. The molecule has 102 valence electrons. The van der Waals surface area contributed by atoms with E-state index in [-0.39, 0.29) is 6.79 Å². The fourth-order valence-corrected chi connectivity index (χ4v) is 2.30. The molecular formula is C14H11BrN2O2S. The molecule has 0 aromatic heterocycles. The number of hydrogen-bond acceptors (Lipinski definition) is 3. The average molecular weight is 351 g/mol. The number of nitrogens with one attached hydrogen (secondary N) is 2. The van der Waals surface area contributed by atoms with Gasteiger partial charge in [0, 0.05) is 21.9 Å². The molecule has 3 rings (SSSR count). The van der Waals surface area contributed by atoms with E-state index in [9.17, 15) is 0 Å². The highest BCUT2D eigenvalue weighted by Gasteiger charge is 2.13. The van der Waals surface area contributed by atoms with Gasteiger partial charge in [-0.3, -0.25) is 0 Å². The minimum Gasteiger partial charge on any atom is -0.454 e. The van der Waals surface area contributed by atoms with E-state index in [1.165, 1.54) is 0 Å². The van der Waals surface area contributed by atoms with Gasteiger partial charge in [0.25, 0.3) is 0 Å². The van der Waals surface area contributed by atoms with Crippen molar-refractivity contribution in [1.82, 2.24) is 0 Å². The SMILES string of the molecule is S=C(Nc1ccc(Br)cc1)Nc1ccc2c(c1)OCO2. The Kier molecular flexibility index (Phi) is 3.75. The van der Waals surface area contributed by atoms with Gasteiger partial charge in [-0.05, 0) is 48.6 Å². The Balaban J connectivity index is 1.65. The summed E-state index contributed by atoms with van der Waals surface area (Å²) in [5.41, 5.74) is 1.77. The van der Waals surface area contributed by atoms with Gasteiger partial charge in [0.2, 0.25) is 6.79 Å². The van der Waals surface area contributed by atoms with Gasteiger partial charge in [0.15, 0.2) is 16.6 Å². The molecule has 2 aromatic carbocycles. The average Bonchev–Trinajstić information content (AvgIpc) is 2.89. The van der Waals surface area contributed by atoms with Crippen LogP contribution in [0.25, 0.3) is 0 Å². The molecule has 0 radical (unpaired) electrons.